The summed E-state index contributed by atoms with van der Waals surface area (Å²) in [5.41, 5.74) is -1.50. The highest BCUT2D eigenvalue weighted by Crippen LogP contribution is 2.36. The normalized spacial score (nSPS) is 10.9. The molecule has 0 saturated heterocycles. The number of fused-ring (bicyclic) bond motifs is 1. The SMILES string of the molecule is Cn1oc(=O)c2c(Cl)c(O)c(O)cc2c1=O. The molecule has 0 fully saturated rings. The van der Waals surface area contributed by atoms with E-state index in [1.54, 1.807) is 0 Å². The van der Waals surface area contributed by atoms with E-state index in [4.69, 9.17) is 11.6 Å². The predicted molar refractivity (Wildman–Crippen MR) is 56.1 cm³/mol. The first-order valence-electron chi connectivity index (χ1n) is 4.18. The van der Waals surface area contributed by atoms with Crippen LogP contribution in [0.3, 0.4) is 0 Å². The van der Waals surface area contributed by atoms with E-state index in [9.17, 15) is 19.8 Å². The average molecular weight is 244 g/mol. The molecule has 7 heteroatoms. The van der Waals surface area contributed by atoms with Gasteiger partial charge in [-0.3, -0.25) is 4.79 Å². The minimum absolute atomic E-state index is 0.112. The predicted octanol–water partition coefficient (Wildman–Crippen LogP) is 0.556. The molecule has 0 bridgehead atoms. The van der Waals surface area contributed by atoms with Crippen LogP contribution in [0.2, 0.25) is 5.02 Å². The number of aromatic hydroxyl groups is 2. The number of aryl methyl sites for hydroxylation is 1. The van der Waals surface area contributed by atoms with E-state index in [-0.39, 0.29) is 10.8 Å². The van der Waals surface area contributed by atoms with Crippen molar-refractivity contribution in [2.24, 2.45) is 7.05 Å². The molecule has 1 aromatic heterocycles. The Hall–Kier alpha value is -1.95. The zero-order chi connectivity index (χ0) is 12.0. The lowest BCUT2D eigenvalue weighted by Gasteiger charge is -2.04. The Balaban J connectivity index is 3.20. The van der Waals surface area contributed by atoms with Crippen LogP contribution in [0.1, 0.15) is 0 Å². The van der Waals surface area contributed by atoms with Crippen molar-refractivity contribution in [2.45, 2.75) is 0 Å². The van der Waals surface area contributed by atoms with Crippen LogP contribution in [0.15, 0.2) is 20.2 Å². The summed E-state index contributed by atoms with van der Waals surface area (Å²) >= 11 is 5.64. The molecule has 0 aliphatic carbocycles. The van der Waals surface area contributed by atoms with E-state index in [1.807, 2.05) is 0 Å². The number of phenols is 2. The van der Waals surface area contributed by atoms with E-state index >= 15 is 0 Å². The molecular weight excluding hydrogens is 238 g/mol. The third-order valence-electron chi connectivity index (χ3n) is 2.16. The minimum atomic E-state index is -0.864. The fourth-order valence-corrected chi connectivity index (χ4v) is 1.65. The van der Waals surface area contributed by atoms with Crippen LogP contribution in [0, 0.1) is 0 Å². The summed E-state index contributed by atoms with van der Waals surface area (Å²) in [6, 6.07) is 0.968. The fraction of sp³-hybridized carbons (Fsp3) is 0.111. The highest BCUT2D eigenvalue weighted by molar-refractivity contribution is 6.37. The summed E-state index contributed by atoms with van der Waals surface area (Å²) in [7, 11) is 1.25. The summed E-state index contributed by atoms with van der Waals surface area (Å²) in [5.74, 6) is -1.23. The van der Waals surface area contributed by atoms with Gasteiger partial charge in [0.1, 0.15) is 5.02 Å². The Morgan fingerprint density at radius 1 is 1.38 bits per heavy atom. The number of rotatable bonds is 0. The smallest absolute Gasteiger partial charge is 0.365 e. The van der Waals surface area contributed by atoms with Gasteiger partial charge >= 0.3 is 5.63 Å². The maximum atomic E-state index is 11.6. The Morgan fingerprint density at radius 2 is 2.00 bits per heavy atom. The second-order valence-electron chi connectivity index (χ2n) is 3.16. The number of hydrogen-bond donors (Lipinski definition) is 2. The number of phenolic OH excluding ortho intramolecular Hbond substituents is 2. The zero-order valence-corrected chi connectivity index (χ0v) is 8.78. The monoisotopic (exact) mass is 243 g/mol. The Labute approximate surface area is 92.9 Å². The molecule has 84 valence electrons. The molecule has 0 unspecified atom stereocenters. The van der Waals surface area contributed by atoms with Crippen LogP contribution in [0.4, 0.5) is 0 Å². The Bertz CT molecular complexity index is 700. The molecule has 2 N–H and O–H groups in total. The largest absolute Gasteiger partial charge is 0.504 e. The van der Waals surface area contributed by atoms with E-state index in [1.165, 1.54) is 7.05 Å². The van der Waals surface area contributed by atoms with Crippen molar-refractivity contribution in [1.29, 1.82) is 0 Å². The molecular formula is C9H6ClNO5. The lowest BCUT2D eigenvalue weighted by molar-refractivity contribution is 0.261. The molecule has 0 aliphatic heterocycles. The van der Waals surface area contributed by atoms with Gasteiger partial charge in [0.2, 0.25) is 0 Å². The van der Waals surface area contributed by atoms with Gasteiger partial charge in [0.15, 0.2) is 11.5 Å². The van der Waals surface area contributed by atoms with E-state index in [0.717, 1.165) is 10.8 Å². The number of halogens is 1. The number of hydrogen-bond acceptors (Lipinski definition) is 5. The molecule has 1 aromatic carbocycles. The molecule has 2 aromatic rings. The van der Waals surface area contributed by atoms with Crippen LogP contribution in [0.25, 0.3) is 10.8 Å². The molecule has 6 nitrogen and oxygen atoms in total. The highest BCUT2D eigenvalue weighted by atomic mass is 35.5. The average Bonchev–Trinajstić information content (AvgIpc) is 2.22. The molecule has 0 saturated carbocycles. The number of aromatic nitrogens is 1. The van der Waals surface area contributed by atoms with E-state index in [0.29, 0.717) is 0 Å². The topological polar surface area (TPSA) is 92.7 Å². The third-order valence-corrected chi connectivity index (χ3v) is 2.53. The van der Waals surface area contributed by atoms with Crippen molar-refractivity contribution in [3.8, 4) is 11.5 Å². The first-order chi connectivity index (χ1) is 7.43. The highest BCUT2D eigenvalue weighted by Gasteiger charge is 2.17. The van der Waals surface area contributed by atoms with Gasteiger partial charge in [-0.2, -0.15) is 4.74 Å². The maximum Gasteiger partial charge on any atom is 0.365 e. The van der Waals surface area contributed by atoms with Gasteiger partial charge in [-0.1, -0.05) is 11.6 Å². The van der Waals surface area contributed by atoms with Crippen molar-refractivity contribution in [3.63, 3.8) is 0 Å². The van der Waals surface area contributed by atoms with Crippen molar-refractivity contribution in [1.82, 2.24) is 4.74 Å². The second-order valence-corrected chi connectivity index (χ2v) is 3.54. The van der Waals surface area contributed by atoms with Crippen LogP contribution >= 0.6 is 11.6 Å². The Morgan fingerprint density at radius 3 is 2.62 bits per heavy atom. The molecule has 0 atom stereocenters. The van der Waals surface area contributed by atoms with Crippen LogP contribution in [-0.2, 0) is 7.05 Å². The van der Waals surface area contributed by atoms with Crippen molar-refractivity contribution >= 4 is 22.4 Å². The van der Waals surface area contributed by atoms with Gasteiger partial charge in [-0.25, -0.2) is 4.79 Å². The summed E-state index contributed by atoms with van der Waals surface area (Å²) < 4.78 is 5.29. The summed E-state index contributed by atoms with van der Waals surface area (Å²) in [6.45, 7) is 0. The molecule has 2 rings (SSSR count). The van der Waals surface area contributed by atoms with E-state index < -0.39 is 27.7 Å². The van der Waals surface area contributed by atoms with Crippen molar-refractivity contribution < 1.29 is 14.7 Å². The Kier molecular flexibility index (Phi) is 2.16. The fourth-order valence-electron chi connectivity index (χ4n) is 1.38. The molecule has 0 spiro atoms. The van der Waals surface area contributed by atoms with Crippen molar-refractivity contribution in [3.05, 3.63) is 31.9 Å². The van der Waals surface area contributed by atoms with Crippen LogP contribution in [0.5, 0.6) is 11.5 Å². The summed E-state index contributed by atoms with van der Waals surface area (Å²) in [5, 5.41) is 17.8. The van der Waals surface area contributed by atoms with Gasteiger partial charge < -0.3 is 14.7 Å². The first kappa shape index (κ1) is 10.6. The van der Waals surface area contributed by atoms with Gasteiger partial charge in [0.05, 0.1) is 10.8 Å². The number of nitrogens with zero attached hydrogens (tertiary/aromatic N) is 1. The number of benzene rings is 1. The lowest BCUT2D eigenvalue weighted by Crippen LogP contribution is -2.22. The van der Waals surface area contributed by atoms with Gasteiger partial charge in [0, 0.05) is 7.05 Å². The zero-order valence-electron chi connectivity index (χ0n) is 8.02. The standard InChI is InChI=1S/C9H6ClNO5/c1-11-8(14)3-2-4(12)7(13)6(10)5(3)9(15)16-11/h2,12-13H,1H3. The molecule has 0 aliphatic rings. The minimum Gasteiger partial charge on any atom is -0.504 e. The van der Waals surface area contributed by atoms with Crippen molar-refractivity contribution in [2.75, 3.05) is 0 Å². The molecule has 0 amide bonds. The van der Waals surface area contributed by atoms with Gasteiger partial charge in [-0.05, 0) is 6.07 Å². The van der Waals surface area contributed by atoms with Gasteiger partial charge in [-0.15, -0.1) is 0 Å². The van der Waals surface area contributed by atoms with E-state index in [2.05, 4.69) is 4.52 Å². The molecule has 1 heterocycles. The third kappa shape index (κ3) is 1.27. The van der Waals surface area contributed by atoms with Gasteiger partial charge in [0.25, 0.3) is 5.56 Å². The summed E-state index contributed by atoms with van der Waals surface area (Å²) in [4.78, 5) is 23.0. The lowest BCUT2D eigenvalue weighted by atomic mass is 10.2. The first-order valence-corrected chi connectivity index (χ1v) is 4.56. The van der Waals surface area contributed by atoms with Crippen LogP contribution < -0.4 is 11.2 Å². The summed E-state index contributed by atoms with van der Waals surface area (Å²) in [6.07, 6.45) is 0. The van der Waals surface area contributed by atoms with Crippen LogP contribution in [-0.4, -0.2) is 15.0 Å². The molecule has 0 radical (unpaired) electrons. The second kappa shape index (κ2) is 3.28. The molecule has 16 heavy (non-hydrogen) atoms. The maximum absolute atomic E-state index is 11.6. The quantitative estimate of drug-likeness (QED) is 0.660.